The lowest BCUT2D eigenvalue weighted by Crippen LogP contribution is -2.29. The van der Waals surface area contributed by atoms with Gasteiger partial charge in [0.1, 0.15) is 34.8 Å². The molecule has 3 heterocycles. The number of nitrogens with zero attached hydrogens (tertiary/aromatic N) is 2. The lowest BCUT2D eigenvalue weighted by atomic mass is 10.0. The van der Waals surface area contributed by atoms with Crippen LogP contribution in [0, 0.1) is 6.92 Å². The van der Waals surface area contributed by atoms with Crippen LogP contribution >= 0.6 is 23.8 Å². The number of hydrogen-bond acceptors (Lipinski definition) is 5. The SMILES string of the molecule is COc1ccc(Oc2ccc(N3C(=S)NC(c4ccccn4)C3c3ccc(-c4cccc(Cl)c4C)o3)cc2)cc1. The number of rotatable bonds is 7. The van der Waals surface area contributed by atoms with E-state index in [1.807, 2.05) is 104 Å². The number of nitrogens with one attached hydrogen (secondary N) is 1. The molecule has 0 spiro atoms. The van der Waals surface area contributed by atoms with Crippen molar-refractivity contribution >= 4 is 34.6 Å². The number of ether oxygens (including phenoxy) is 2. The fraction of sp³-hybridized carbons (Fsp3) is 0.125. The predicted molar refractivity (Wildman–Crippen MR) is 161 cm³/mol. The number of halogens is 1. The third-order valence-corrected chi connectivity index (χ3v) is 7.68. The largest absolute Gasteiger partial charge is 0.497 e. The maximum absolute atomic E-state index is 6.50. The second-order valence-electron chi connectivity index (χ2n) is 9.38. The summed E-state index contributed by atoms with van der Waals surface area (Å²) in [5.74, 6) is 3.71. The van der Waals surface area contributed by atoms with Gasteiger partial charge in [-0.05, 0) is 104 Å². The molecule has 2 unspecified atom stereocenters. The molecule has 1 aliphatic heterocycles. The van der Waals surface area contributed by atoms with Crippen molar-refractivity contribution in [1.29, 1.82) is 0 Å². The minimum atomic E-state index is -0.274. The van der Waals surface area contributed by atoms with E-state index in [0.717, 1.165) is 45.5 Å². The number of furan rings is 1. The van der Waals surface area contributed by atoms with Gasteiger partial charge in [0.25, 0.3) is 0 Å². The van der Waals surface area contributed by atoms with Gasteiger partial charge in [0.2, 0.25) is 0 Å². The molecular weight excluding hydrogens is 542 g/mol. The molecule has 40 heavy (non-hydrogen) atoms. The van der Waals surface area contributed by atoms with E-state index >= 15 is 0 Å². The topological polar surface area (TPSA) is 59.8 Å². The lowest BCUT2D eigenvalue weighted by Gasteiger charge is -2.26. The highest BCUT2D eigenvalue weighted by molar-refractivity contribution is 7.80. The molecule has 1 N–H and O–H groups in total. The molecule has 0 saturated carbocycles. The Balaban J connectivity index is 1.34. The van der Waals surface area contributed by atoms with Crippen molar-refractivity contribution in [2.24, 2.45) is 0 Å². The van der Waals surface area contributed by atoms with Crippen molar-refractivity contribution < 1.29 is 13.9 Å². The van der Waals surface area contributed by atoms with Crippen LogP contribution in [-0.2, 0) is 0 Å². The first kappa shape index (κ1) is 25.9. The molecule has 2 aromatic heterocycles. The van der Waals surface area contributed by atoms with Gasteiger partial charge in [-0.2, -0.15) is 0 Å². The molecule has 5 aromatic rings. The van der Waals surface area contributed by atoms with Gasteiger partial charge in [0.15, 0.2) is 5.11 Å². The number of pyridine rings is 1. The Morgan fingerprint density at radius 2 is 1.60 bits per heavy atom. The van der Waals surface area contributed by atoms with E-state index in [-0.39, 0.29) is 12.1 Å². The summed E-state index contributed by atoms with van der Waals surface area (Å²) in [7, 11) is 1.64. The van der Waals surface area contributed by atoms with Crippen LogP contribution in [-0.4, -0.2) is 17.2 Å². The van der Waals surface area contributed by atoms with Crippen LogP contribution in [0.1, 0.15) is 29.1 Å². The van der Waals surface area contributed by atoms with Crippen LogP contribution in [0.25, 0.3) is 11.3 Å². The Labute approximate surface area is 243 Å². The van der Waals surface area contributed by atoms with Gasteiger partial charge >= 0.3 is 0 Å². The number of aromatic nitrogens is 1. The van der Waals surface area contributed by atoms with E-state index < -0.39 is 0 Å². The lowest BCUT2D eigenvalue weighted by molar-refractivity contribution is 0.413. The maximum atomic E-state index is 6.50. The standard InChI is InChI=1S/C32H26ClN3O3S/c1-20-25(6-5-7-26(20)33)28-17-18-29(39-28)31-30(27-8-3-4-19-34-27)35-32(40)36(31)21-9-11-23(12-10-21)38-24-15-13-22(37-2)14-16-24/h3-19,30-31H,1-2H3,(H,35,40). The summed E-state index contributed by atoms with van der Waals surface area (Å²) in [6.45, 7) is 1.99. The molecular formula is C32H26ClN3O3S. The molecule has 1 aliphatic rings. The third-order valence-electron chi connectivity index (χ3n) is 6.96. The van der Waals surface area contributed by atoms with Gasteiger partial charge in [0, 0.05) is 22.5 Å². The predicted octanol–water partition coefficient (Wildman–Crippen LogP) is 8.28. The zero-order valence-electron chi connectivity index (χ0n) is 21.9. The average molecular weight is 568 g/mol. The zero-order chi connectivity index (χ0) is 27.6. The van der Waals surface area contributed by atoms with Crippen molar-refractivity contribution in [2.75, 3.05) is 12.0 Å². The van der Waals surface area contributed by atoms with Crippen LogP contribution in [0.15, 0.2) is 108 Å². The van der Waals surface area contributed by atoms with Crippen LogP contribution < -0.4 is 19.7 Å². The molecule has 6 rings (SSSR count). The summed E-state index contributed by atoms with van der Waals surface area (Å²) in [6.07, 6.45) is 1.79. The smallest absolute Gasteiger partial charge is 0.174 e. The van der Waals surface area contributed by atoms with Crippen molar-refractivity contribution in [3.05, 3.63) is 125 Å². The van der Waals surface area contributed by atoms with Gasteiger partial charge in [-0.25, -0.2) is 0 Å². The summed E-state index contributed by atoms with van der Waals surface area (Å²) in [5, 5.41) is 4.76. The second-order valence-corrected chi connectivity index (χ2v) is 10.2. The van der Waals surface area contributed by atoms with Gasteiger partial charge < -0.3 is 24.1 Å². The Morgan fingerprint density at radius 1 is 0.875 bits per heavy atom. The van der Waals surface area contributed by atoms with Crippen LogP contribution in [0.3, 0.4) is 0 Å². The molecule has 0 radical (unpaired) electrons. The number of benzene rings is 3. The first-order valence-electron chi connectivity index (χ1n) is 12.8. The Morgan fingerprint density at radius 3 is 2.30 bits per heavy atom. The van der Waals surface area contributed by atoms with Crippen molar-refractivity contribution in [3.8, 4) is 28.6 Å². The molecule has 1 fully saturated rings. The van der Waals surface area contributed by atoms with Crippen LogP contribution in [0.4, 0.5) is 5.69 Å². The highest BCUT2D eigenvalue weighted by Gasteiger charge is 2.42. The van der Waals surface area contributed by atoms with Gasteiger partial charge in [-0.1, -0.05) is 29.8 Å². The fourth-order valence-electron chi connectivity index (χ4n) is 4.91. The summed E-state index contributed by atoms with van der Waals surface area (Å²) < 4.78 is 17.8. The van der Waals surface area contributed by atoms with E-state index in [1.165, 1.54) is 0 Å². The normalized spacial score (nSPS) is 16.6. The van der Waals surface area contributed by atoms with Crippen molar-refractivity contribution in [3.63, 3.8) is 0 Å². The summed E-state index contributed by atoms with van der Waals surface area (Å²) >= 11 is 12.3. The summed E-state index contributed by atoms with van der Waals surface area (Å²) in [6, 6.07) is 30.5. The van der Waals surface area contributed by atoms with Crippen LogP contribution in [0.2, 0.25) is 5.02 Å². The molecule has 1 saturated heterocycles. The average Bonchev–Trinajstić information content (AvgIpc) is 3.60. The minimum Gasteiger partial charge on any atom is -0.497 e. The van der Waals surface area contributed by atoms with E-state index in [1.54, 1.807) is 13.3 Å². The maximum Gasteiger partial charge on any atom is 0.174 e. The first-order chi connectivity index (χ1) is 19.5. The molecule has 6 nitrogen and oxygen atoms in total. The third kappa shape index (κ3) is 5.01. The molecule has 3 aromatic carbocycles. The molecule has 0 amide bonds. The van der Waals surface area contributed by atoms with Gasteiger partial charge in [-0.15, -0.1) is 0 Å². The summed E-state index contributed by atoms with van der Waals surface area (Å²) in [5.41, 5.74) is 3.69. The quantitative estimate of drug-likeness (QED) is 0.198. The van der Waals surface area contributed by atoms with E-state index in [9.17, 15) is 0 Å². The Kier molecular flexibility index (Phi) is 7.15. The highest BCUT2D eigenvalue weighted by atomic mass is 35.5. The summed E-state index contributed by atoms with van der Waals surface area (Å²) in [4.78, 5) is 6.69. The number of thiocarbonyl (C=S) groups is 1. The zero-order valence-corrected chi connectivity index (χ0v) is 23.4. The Bertz CT molecular complexity index is 1640. The highest BCUT2D eigenvalue weighted by Crippen LogP contribution is 2.43. The molecule has 2 atom stereocenters. The second kappa shape index (κ2) is 11.0. The minimum absolute atomic E-state index is 0.219. The molecule has 200 valence electrons. The van der Waals surface area contributed by atoms with Crippen LogP contribution in [0.5, 0.6) is 17.2 Å². The van der Waals surface area contributed by atoms with Gasteiger partial charge in [-0.3, -0.25) is 4.98 Å². The fourth-order valence-corrected chi connectivity index (χ4v) is 5.43. The Hall–Kier alpha value is -4.33. The first-order valence-corrected chi connectivity index (χ1v) is 13.6. The van der Waals surface area contributed by atoms with E-state index in [2.05, 4.69) is 15.2 Å². The van der Waals surface area contributed by atoms with Gasteiger partial charge in [0.05, 0.1) is 18.8 Å². The van der Waals surface area contributed by atoms with E-state index in [4.69, 9.17) is 37.7 Å². The molecule has 0 aliphatic carbocycles. The van der Waals surface area contributed by atoms with E-state index in [0.29, 0.717) is 15.9 Å². The number of hydrogen-bond donors (Lipinski definition) is 1. The molecule has 0 bridgehead atoms. The monoisotopic (exact) mass is 567 g/mol. The van der Waals surface area contributed by atoms with Crippen molar-refractivity contribution in [1.82, 2.24) is 10.3 Å². The molecule has 8 heteroatoms. The van der Waals surface area contributed by atoms with Crippen molar-refractivity contribution in [2.45, 2.75) is 19.0 Å². The number of anilines is 1. The number of methoxy groups -OCH3 is 1.